The zero-order chi connectivity index (χ0) is 11.4. The molecule has 16 heavy (non-hydrogen) atoms. The molecule has 1 aliphatic heterocycles. The normalized spacial score (nSPS) is 31.4. The molecule has 0 aromatic carbocycles. The van der Waals surface area contributed by atoms with Gasteiger partial charge in [0.25, 0.3) is 0 Å². The molecule has 0 bridgehead atoms. The van der Waals surface area contributed by atoms with Gasteiger partial charge in [0.15, 0.2) is 0 Å². The summed E-state index contributed by atoms with van der Waals surface area (Å²) >= 11 is 2.21. The van der Waals surface area contributed by atoms with E-state index in [2.05, 4.69) is 26.4 Å². The average molecular weight is 338 g/mol. The van der Waals surface area contributed by atoms with E-state index in [9.17, 15) is 4.79 Å². The minimum Gasteiger partial charge on any atom is -0.378 e. The molecule has 0 aromatic rings. The number of halogens is 1. The lowest BCUT2D eigenvalue weighted by Gasteiger charge is -2.33. The van der Waals surface area contributed by atoms with Crippen LogP contribution in [0.15, 0.2) is 0 Å². The predicted molar refractivity (Wildman–Crippen MR) is 70.3 cm³/mol. The van der Waals surface area contributed by atoms with Gasteiger partial charge in [0.2, 0.25) is 5.91 Å². The first-order valence-electron chi connectivity index (χ1n) is 6.04. The molecule has 1 N–H and O–H groups in total. The summed E-state index contributed by atoms with van der Waals surface area (Å²) in [6.45, 7) is 2.97. The van der Waals surface area contributed by atoms with Crippen molar-refractivity contribution < 1.29 is 9.53 Å². The Balaban J connectivity index is 1.81. The Morgan fingerprint density at radius 2 is 1.81 bits per heavy atom. The predicted octanol–water partition coefficient (Wildman–Crippen LogP) is 1.34. The van der Waals surface area contributed by atoms with E-state index >= 15 is 0 Å². The Hall–Kier alpha value is 0.120. The molecule has 0 spiro atoms. The SMILES string of the molecule is O=C([C@H]1CC[C@H](NI)CC1)N1CCOCC1. The maximum Gasteiger partial charge on any atom is 0.225 e. The van der Waals surface area contributed by atoms with Crippen LogP contribution >= 0.6 is 22.9 Å². The number of nitrogens with one attached hydrogen (secondary N) is 1. The molecular formula is C11H19IN2O2. The van der Waals surface area contributed by atoms with Gasteiger partial charge in [-0.1, -0.05) is 0 Å². The van der Waals surface area contributed by atoms with Gasteiger partial charge >= 0.3 is 0 Å². The van der Waals surface area contributed by atoms with Crippen LogP contribution in [0.2, 0.25) is 0 Å². The summed E-state index contributed by atoms with van der Waals surface area (Å²) in [5.41, 5.74) is 0. The average Bonchev–Trinajstić information content (AvgIpc) is 2.39. The van der Waals surface area contributed by atoms with Gasteiger partial charge in [-0.05, 0) is 25.7 Å². The Morgan fingerprint density at radius 1 is 1.19 bits per heavy atom. The van der Waals surface area contributed by atoms with Crippen LogP contribution in [0.5, 0.6) is 0 Å². The zero-order valence-electron chi connectivity index (χ0n) is 9.45. The smallest absolute Gasteiger partial charge is 0.225 e. The first-order valence-corrected chi connectivity index (χ1v) is 7.12. The second-order valence-electron chi connectivity index (χ2n) is 4.60. The minimum absolute atomic E-state index is 0.263. The molecule has 1 saturated carbocycles. The van der Waals surface area contributed by atoms with Gasteiger partial charge in [0.1, 0.15) is 0 Å². The van der Waals surface area contributed by atoms with Gasteiger partial charge in [-0.25, -0.2) is 0 Å². The van der Waals surface area contributed by atoms with Crippen molar-refractivity contribution in [3.63, 3.8) is 0 Å². The number of nitrogens with zero attached hydrogens (tertiary/aromatic N) is 1. The molecular weight excluding hydrogens is 319 g/mol. The van der Waals surface area contributed by atoms with E-state index in [-0.39, 0.29) is 5.92 Å². The highest BCUT2D eigenvalue weighted by Gasteiger charge is 2.29. The molecule has 2 aliphatic rings. The summed E-state index contributed by atoms with van der Waals surface area (Å²) in [6, 6.07) is 0.606. The molecule has 1 saturated heterocycles. The Labute approximate surface area is 111 Å². The second-order valence-corrected chi connectivity index (χ2v) is 5.22. The van der Waals surface area contributed by atoms with Gasteiger partial charge in [-0.2, -0.15) is 0 Å². The van der Waals surface area contributed by atoms with E-state index in [0.29, 0.717) is 25.2 Å². The molecule has 1 amide bonds. The van der Waals surface area contributed by atoms with E-state index in [4.69, 9.17) is 4.74 Å². The first kappa shape index (κ1) is 12.6. The van der Waals surface area contributed by atoms with Gasteiger partial charge < -0.3 is 9.64 Å². The van der Waals surface area contributed by atoms with Gasteiger partial charge in [0, 0.05) is 47.9 Å². The highest BCUT2D eigenvalue weighted by Crippen LogP contribution is 2.26. The van der Waals surface area contributed by atoms with Crippen molar-refractivity contribution in [3.8, 4) is 0 Å². The van der Waals surface area contributed by atoms with Gasteiger partial charge in [0.05, 0.1) is 13.2 Å². The van der Waals surface area contributed by atoms with Gasteiger partial charge in [-0.15, -0.1) is 0 Å². The van der Waals surface area contributed by atoms with Crippen molar-refractivity contribution in [2.24, 2.45) is 5.92 Å². The van der Waals surface area contributed by atoms with E-state index < -0.39 is 0 Å². The fourth-order valence-corrected chi connectivity index (χ4v) is 3.11. The van der Waals surface area contributed by atoms with Crippen LogP contribution in [0.3, 0.4) is 0 Å². The third-order valence-corrected chi connectivity index (χ3v) is 4.43. The van der Waals surface area contributed by atoms with Crippen molar-refractivity contribution in [1.29, 1.82) is 0 Å². The summed E-state index contributed by atoms with van der Waals surface area (Å²) in [4.78, 5) is 14.2. The molecule has 0 atom stereocenters. The minimum atomic E-state index is 0.263. The number of ether oxygens (including phenoxy) is 1. The zero-order valence-corrected chi connectivity index (χ0v) is 11.6. The lowest BCUT2D eigenvalue weighted by Crippen LogP contribution is -2.45. The van der Waals surface area contributed by atoms with Crippen molar-refractivity contribution >= 4 is 28.8 Å². The number of morpholine rings is 1. The van der Waals surface area contributed by atoms with Gasteiger partial charge in [-0.3, -0.25) is 8.32 Å². The summed E-state index contributed by atoms with van der Waals surface area (Å²) in [5.74, 6) is 0.620. The number of hydrogen-bond donors (Lipinski definition) is 1. The Kier molecular flexibility index (Phi) is 4.84. The summed E-state index contributed by atoms with van der Waals surface area (Å²) in [5, 5.41) is 0. The number of rotatable bonds is 2. The Bertz CT molecular complexity index is 236. The fraction of sp³-hybridized carbons (Fsp3) is 0.909. The largest absolute Gasteiger partial charge is 0.378 e. The molecule has 0 radical (unpaired) electrons. The van der Waals surface area contributed by atoms with Crippen LogP contribution < -0.4 is 3.53 Å². The van der Waals surface area contributed by atoms with E-state index in [0.717, 1.165) is 38.8 Å². The first-order chi connectivity index (χ1) is 7.81. The van der Waals surface area contributed by atoms with Crippen LogP contribution in [0.4, 0.5) is 0 Å². The van der Waals surface area contributed by atoms with Crippen molar-refractivity contribution in [2.45, 2.75) is 31.7 Å². The standard InChI is InChI=1S/C11H19IN2O2/c12-13-10-3-1-9(2-4-10)11(15)14-5-7-16-8-6-14/h9-10,13H,1-8H2/t9-,10-. The van der Waals surface area contributed by atoms with Crippen molar-refractivity contribution in [1.82, 2.24) is 8.43 Å². The topological polar surface area (TPSA) is 41.6 Å². The number of carbonyl (C=O) groups is 1. The van der Waals surface area contributed by atoms with Crippen LogP contribution in [0.1, 0.15) is 25.7 Å². The lowest BCUT2D eigenvalue weighted by atomic mass is 9.85. The monoisotopic (exact) mass is 338 g/mol. The molecule has 0 unspecified atom stereocenters. The molecule has 5 heteroatoms. The maximum atomic E-state index is 12.2. The van der Waals surface area contributed by atoms with Crippen LogP contribution in [0, 0.1) is 5.92 Å². The molecule has 1 heterocycles. The summed E-state index contributed by atoms with van der Waals surface area (Å²) < 4.78 is 8.53. The quantitative estimate of drug-likeness (QED) is 0.610. The molecule has 2 rings (SSSR count). The van der Waals surface area contributed by atoms with E-state index in [1.165, 1.54) is 0 Å². The molecule has 0 aromatic heterocycles. The third-order valence-electron chi connectivity index (χ3n) is 3.55. The number of amides is 1. The van der Waals surface area contributed by atoms with Crippen molar-refractivity contribution in [3.05, 3.63) is 0 Å². The summed E-state index contributed by atoms with van der Waals surface area (Å²) in [6.07, 6.45) is 4.33. The van der Waals surface area contributed by atoms with Crippen LogP contribution in [-0.4, -0.2) is 43.2 Å². The highest BCUT2D eigenvalue weighted by atomic mass is 127. The van der Waals surface area contributed by atoms with Crippen LogP contribution in [-0.2, 0) is 9.53 Å². The third kappa shape index (κ3) is 3.07. The summed E-state index contributed by atoms with van der Waals surface area (Å²) in [7, 11) is 0. The number of hydrogen-bond acceptors (Lipinski definition) is 3. The molecule has 1 aliphatic carbocycles. The highest BCUT2D eigenvalue weighted by molar-refractivity contribution is 14.1. The molecule has 92 valence electrons. The second kappa shape index (κ2) is 6.16. The lowest BCUT2D eigenvalue weighted by molar-refractivity contribution is -0.140. The number of carbonyl (C=O) groups excluding carboxylic acids is 1. The Morgan fingerprint density at radius 3 is 2.38 bits per heavy atom. The van der Waals surface area contributed by atoms with E-state index in [1.54, 1.807) is 0 Å². The maximum absolute atomic E-state index is 12.2. The fourth-order valence-electron chi connectivity index (χ4n) is 2.49. The van der Waals surface area contributed by atoms with E-state index in [1.807, 2.05) is 4.90 Å². The molecule has 4 nitrogen and oxygen atoms in total. The van der Waals surface area contributed by atoms with Crippen LogP contribution in [0.25, 0.3) is 0 Å². The molecule has 2 fully saturated rings. The van der Waals surface area contributed by atoms with Crippen molar-refractivity contribution in [2.75, 3.05) is 26.3 Å².